The van der Waals surface area contributed by atoms with Crippen molar-refractivity contribution in [3.63, 3.8) is 0 Å². The summed E-state index contributed by atoms with van der Waals surface area (Å²) < 4.78 is 0. The molecule has 0 radical (unpaired) electrons. The third kappa shape index (κ3) is 3.04. The molecule has 2 saturated carbocycles. The predicted octanol–water partition coefficient (Wildman–Crippen LogP) is 3.05. The van der Waals surface area contributed by atoms with Gasteiger partial charge in [0.05, 0.1) is 5.69 Å². The zero-order chi connectivity index (χ0) is 12.5. The van der Waals surface area contributed by atoms with Crippen molar-refractivity contribution in [2.45, 2.75) is 38.6 Å². The Balaban J connectivity index is 1.68. The van der Waals surface area contributed by atoms with Crippen LogP contribution in [0, 0.1) is 11.8 Å². The van der Waals surface area contributed by atoms with Crippen molar-refractivity contribution in [3.8, 4) is 0 Å². The molecule has 2 aliphatic carbocycles. The van der Waals surface area contributed by atoms with Gasteiger partial charge in [-0.05, 0) is 51.5 Å². The lowest BCUT2D eigenvalue weighted by molar-refractivity contribution is 0.631. The van der Waals surface area contributed by atoms with Gasteiger partial charge in [0.25, 0.3) is 0 Å². The molecule has 1 unspecified atom stereocenters. The summed E-state index contributed by atoms with van der Waals surface area (Å²) in [5.41, 5.74) is 1.19. The average Bonchev–Trinajstić information content (AvgIpc) is 3.30. The van der Waals surface area contributed by atoms with Crippen LogP contribution in [-0.2, 0) is 0 Å². The minimum Gasteiger partial charge on any atom is -0.348 e. The van der Waals surface area contributed by atoms with Crippen LogP contribution in [0.2, 0.25) is 0 Å². The largest absolute Gasteiger partial charge is 0.348 e. The Hall–Kier alpha value is -0.610. The molecular weight excluding hydrogens is 242 g/mol. The summed E-state index contributed by atoms with van der Waals surface area (Å²) >= 11 is 1.82. The molecule has 0 bridgehead atoms. The summed E-state index contributed by atoms with van der Waals surface area (Å²) in [6.07, 6.45) is 5.69. The minimum atomic E-state index is 0.360. The first-order valence-electron chi connectivity index (χ1n) is 7.14. The van der Waals surface area contributed by atoms with E-state index in [4.69, 9.17) is 4.98 Å². The molecule has 18 heavy (non-hydrogen) atoms. The number of nitrogens with one attached hydrogen (secondary N) is 1. The van der Waals surface area contributed by atoms with Crippen LogP contribution in [0.1, 0.15) is 44.3 Å². The highest BCUT2D eigenvalue weighted by Crippen LogP contribution is 2.36. The summed E-state index contributed by atoms with van der Waals surface area (Å²) in [6.45, 7) is 4.64. The number of hydrogen-bond donors (Lipinski definition) is 1. The Bertz CT molecular complexity index is 381. The van der Waals surface area contributed by atoms with Gasteiger partial charge in [-0.25, -0.2) is 4.98 Å². The van der Waals surface area contributed by atoms with Crippen LogP contribution < -0.4 is 10.2 Å². The number of aromatic nitrogens is 1. The molecule has 100 valence electrons. The first-order valence-corrected chi connectivity index (χ1v) is 8.02. The van der Waals surface area contributed by atoms with Gasteiger partial charge < -0.3 is 10.2 Å². The standard InChI is InChI=1S/C14H23N3S/c1-10(15-2)13-9-18-14(16-13)17(7-11-3-4-11)8-12-5-6-12/h9-12,15H,3-8H2,1-2H3. The first kappa shape index (κ1) is 12.4. The van der Waals surface area contributed by atoms with E-state index < -0.39 is 0 Å². The highest BCUT2D eigenvalue weighted by atomic mass is 32.1. The van der Waals surface area contributed by atoms with Crippen LogP contribution >= 0.6 is 11.3 Å². The van der Waals surface area contributed by atoms with E-state index >= 15 is 0 Å². The SMILES string of the molecule is CNC(C)c1csc(N(CC2CC2)CC2CC2)n1. The van der Waals surface area contributed by atoms with E-state index in [2.05, 4.69) is 22.5 Å². The number of rotatable bonds is 7. The molecule has 4 heteroatoms. The smallest absolute Gasteiger partial charge is 0.185 e. The van der Waals surface area contributed by atoms with Gasteiger partial charge in [0.2, 0.25) is 0 Å². The normalized spacial score (nSPS) is 21.0. The minimum absolute atomic E-state index is 0.360. The highest BCUT2D eigenvalue weighted by Gasteiger charge is 2.30. The molecule has 0 amide bonds. The third-order valence-corrected chi connectivity index (χ3v) is 4.93. The molecule has 0 spiro atoms. The van der Waals surface area contributed by atoms with Crippen LogP contribution in [0.25, 0.3) is 0 Å². The second-order valence-corrected chi connectivity index (χ2v) is 6.69. The third-order valence-electron chi connectivity index (χ3n) is 4.01. The van der Waals surface area contributed by atoms with Crippen molar-refractivity contribution >= 4 is 16.5 Å². The number of thiazole rings is 1. The van der Waals surface area contributed by atoms with Crippen LogP contribution in [-0.4, -0.2) is 25.1 Å². The zero-order valence-electron chi connectivity index (χ0n) is 11.4. The summed E-state index contributed by atoms with van der Waals surface area (Å²) in [7, 11) is 2.00. The van der Waals surface area contributed by atoms with Gasteiger partial charge >= 0.3 is 0 Å². The maximum absolute atomic E-state index is 4.82. The molecule has 2 aliphatic rings. The summed E-state index contributed by atoms with van der Waals surface area (Å²) in [5.74, 6) is 1.88. The summed E-state index contributed by atoms with van der Waals surface area (Å²) in [4.78, 5) is 7.37. The van der Waals surface area contributed by atoms with Gasteiger partial charge in [-0.2, -0.15) is 0 Å². The van der Waals surface area contributed by atoms with Gasteiger partial charge in [-0.1, -0.05) is 0 Å². The van der Waals surface area contributed by atoms with E-state index in [0.717, 1.165) is 11.8 Å². The molecule has 3 rings (SSSR count). The summed E-state index contributed by atoms with van der Waals surface area (Å²) in [5, 5.41) is 6.72. The van der Waals surface area contributed by atoms with Crippen LogP contribution in [0.5, 0.6) is 0 Å². The predicted molar refractivity (Wildman–Crippen MR) is 77.2 cm³/mol. The van der Waals surface area contributed by atoms with Gasteiger partial charge in [-0.3, -0.25) is 0 Å². The molecule has 1 N–H and O–H groups in total. The molecular formula is C14H23N3S. The van der Waals surface area contributed by atoms with Crippen LogP contribution in [0.3, 0.4) is 0 Å². The second kappa shape index (κ2) is 5.17. The van der Waals surface area contributed by atoms with Gasteiger partial charge in [-0.15, -0.1) is 11.3 Å². The Labute approximate surface area is 114 Å². The van der Waals surface area contributed by atoms with Crippen molar-refractivity contribution in [2.24, 2.45) is 11.8 Å². The molecule has 3 nitrogen and oxygen atoms in total. The average molecular weight is 265 g/mol. The Morgan fingerprint density at radius 2 is 1.94 bits per heavy atom. The monoisotopic (exact) mass is 265 g/mol. The van der Waals surface area contributed by atoms with Crippen molar-refractivity contribution < 1.29 is 0 Å². The fourth-order valence-electron chi connectivity index (χ4n) is 2.22. The highest BCUT2D eigenvalue weighted by molar-refractivity contribution is 7.13. The van der Waals surface area contributed by atoms with Gasteiger partial charge in [0, 0.05) is 24.5 Å². The lowest BCUT2D eigenvalue weighted by atomic mass is 10.3. The van der Waals surface area contributed by atoms with Crippen LogP contribution in [0.4, 0.5) is 5.13 Å². The fraction of sp³-hybridized carbons (Fsp3) is 0.786. The van der Waals surface area contributed by atoms with Gasteiger partial charge in [0.1, 0.15) is 0 Å². The molecule has 0 aromatic carbocycles. The molecule has 1 aromatic rings. The Morgan fingerprint density at radius 1 is 1.33 bits per heavy atom. The Kier molecular flexibility index (Phi) is 3.57. The second-order valence-electron chi connectivity index (χ2n) is 5.86. The lowest BCUT2D eigenvalue weighted by Crippen LogP contribution is -2.28. The van der Waals surface area contributed by atoms with E-state index in [1.54, 1.807) is 0 Å². The molecule has 1 heterocycles. The lowest BCUT2D eigenvalue weighted by Gasteiger charge is -2.21. The van der Waals surface area contributed by atoms with Crippen molar-refractivity contribution in [3.05, 3.63) is 11.1 Å². The van der Waals surface area contributed by atoms with E-state index in [9.17, 15) is 0 Å². The van der Waals surface area contributed by atoms with E-state index in [1.807, 2.05) is 18.4 Å². The molecule has 0 aliphatic heterocycles. The van der Waals surface area contributed by atoms with Crippen molar-refractivity contribution in [1.29, 1.82) is 0 Å². The van der Waals surface area contributed by atoms with E-state index in [0.29, 0.717) is 6.04 Å². The van der Waals surface area contributed by atoms with E-state index in [-0.39, 0.29) is 0 Å². The van der Waals surface area contributed by atoms with E-state index in [1.165, 1.54) is 49.6 Å². The molecule has 1 aromatic heterocycles. The number of nitrogens with zero attached hydrogens (tertiary/aromatic N) is 2. The van der Waals surface area contributed by atoms with Crippen LogP contribution in [0.15, 0.2) is 5.38 Å². The molecule has 0 saturated heterocycles. The number of anilines is 1. The first-order chi connectivity index (χ1) is 8.76. The topological polar surface area (TPSA) is 28.2 Å². The number of hydrogen-bond acceptors (Lipinski definition) is 4. The Morgan fingerprint density at radius 3 is 2.44 bits per heavy atom. The maximum Gasteiger partial charge on any atom is 0.185 e. The zero-order valence-corrected chi connectivity index (χ0v) is 12.2. The van der Waals surface area contributed by atoms with Crippen molar-refractivity contribution in [2.75, 3.05) is 25.0 Å². The maximum atomic E-state index is 4.82. The molecule has 2 fully saturated rings. The quantitative estimate of drug-likeness (QED) is 0.821. The van der Waals surface area contributed by atoms with Gasteiger partial charge in [0.15, 0.2) is 5.13 Å². The molecule has 1 atom stereocenters. The summed E-state index contributed by atoms with van der Waals surface area (Å²) in [6, 6.07) is 0.360. The van der Waals surface area contributed by atoms with Crippen molar-refractivity contribution in [1.82, 2.24) is 10.3 Å². The fourth-order valence-corrected chi connectivity index (χ4v) is 3.16.